The van der Waals surface area contributed by atoms with Crippen LogP contribution in [0, 0.1) is 0 Å². The van der Waals surface area contributed by atoms with Crippen LogP contribution in [0.15, 0.2) is 24.3 Å². The van der Waals surface area contributed by atoms with Crippen LogP contribution in [0.5, 0.6) is 0 Å². The number of nitrogens with one attached hydrogen (secondary N) is 1. The number of benzene rings is 1. The fourth-order valence-electron chi connectivity index (χ4n) is 3.74. The Bertz CT molecular complexity index is 751. The summed E-state index contributed by atoms with van der Waals surface area (Å²) in [6.07, 6.45) is 5.27. The standard InChI is InChI=1S/C24H36N2O5/c1-24(2,3)31-23(30)25-20(22(29)26-14-7-4-8-15-26)17-19-12-9-11-18(16-19)10-5-6-13-21(27)28/h9,11-12,16,20H,4-8,10,13-15,17H2,1-3H3,(H,25,30)(H,27,28)/t20-/m0/s1. The molecule has 0 aromatic heterocycles. The van der Waals surface area contributed by atoms with E-state index < -0.39 is 23.7 Å². The van der Waals surface area contributed by atoms with Crippen molar-refractivity contribution >= 4 is 18.0 Å². The maximum absolute atomic E-state index is 13.2. The molecular weight excluding hydrogens is 396 g/mol. The minimum atomic E-state index is -0.777. The normalized spacial score (nSPS) is 15.3. The number of rotatable bonds is 9. The number of likely N-dealkylation sites (tertiary alicyclic amines) is 1. The first kappa shape index (κ1) is 24.7. The van der Waals surface area contributed by atoms with Crippen LogP contribution in [0.3, 0.4) is 0 Å². The Hall–Kier alpha value is -2.57. The van der Waals surface area contributed by atoms with Gasteiger partial charge in [0, 0.05) is 25.9 Å². The number of aryl methyl sites for hydroxylation is 1. The Balaban J connectivity index is 2.06. The predicted molar refractivity (Wildman–Crippen MR) is 119 cm³/mol. The topological polar surface area (TPSA) is 95.9 Å². The minimum Gasteiger partial charge on any atom is -0.481 e. The molecule has 7 heteroatoms. The zero-order valence-corrected chi connectivity index (χ0v) is 19.0. The zero-order chi connectivity index (χ0) is 22.9. The fraction of sp³-hybridized carbons (Fsp3) is 0.625. The third kappa shape index (κ3) is 9.40. The van der Waals surface area contributed by atoms with Gasteiger partial charge in [0.05, 0.1) is 0 Å². The van der Waals surface area contributed by atoms with Gasteiger partial charge >= 0.3 is 12.1 Å². The monoisotopic (exact) mass is 432 g/mol. The number of hydrogen-bond donors (Lipinski definition) is 2. The first-order valence-corrected chi connectivity index (χ1v) is 11.2. The third-order valence-electron chi connectivity index (χ3n) is 5.19. The second-order valence-corrected chi connectivity index (χ2v) is 9.21. The Morgan fingerprint density at radius 2 is 1.77 bits per heavy atom. The molecule has 0 unspecified atom stereocenters. The summed E-state index contributed by atoms with van der Waals surface area (Å²) in [6, 6.07) is 7.25. The van der Waals surface area contributed by atoms with Crippen molar-refractivity contribution in [3.63, 3.8) is 0 Å². The Kier molecular flexibility index (Phi) is 9.34. The molecule has 1 fully saturated rings. The van der Waals surface area contributed by atoms with Gasteiger partial charge in [0.15, 0.2) is 0 Å². The van der Waals surface area contributed by atoms with Crippen LogP contribution in [0.4, 0.5) is 4.79 Å². The molecule has 2 N–H and O–H groups in total. The summed E-state index contributed by atoms with van der Waals surface area (Å²) in [7, 11) is 0. The van der Waals surface area contributed by atoms with Gasteiger partial charge in [-0.3, -0.25) is 9.59 Å². The molecular formula is C24H36N2O5. The molecule has 1 aromatic rings. The van der Waals surface area contributed by atoms with Crippen LogP contribution in [-0.2, 0) is 27.2 Å². The molecule has 1 aliphatic rings. The number of hydrogen-bond acceptors (Lipinski definition) is 4. The summed E-state index contributed by atoms with van der Waals surface area (Å²) in [5.41, 5.74) is 1.42. The predicted octanol–water partition coefficient (Wildman–Crippen LogP) is 3.93. The second-order valence-electron chi connectivity index (χ2n) is 9.21. The smallest absolute Gasteiger partial charge is 0.408 e. The highest BCUT2D eigenvalue weighted by molar-refractivity contribution is 5.86. The molecule has 0 bridgehead atoms. The number of carbonyl (C=O) groups is 3. The first-order valence-electron chi connectivity index (χ1n) is 11.2. The highest BCUT2D eigenvalue weighted by Crippen LogP contribution is 2.16. The molecule has 1 saturated heterocycles. The highest BCUT2D eigenvalue weighted by Gasteiger charge is 2.29. The molecule has 0 spiro atoms. The maximum Gasteiger partial charge on any atom is 0.408 e. The zero-order valence-electron chi connectivity index (χ0n) is 19.0. The molecule has 172 valence electrons. The summed E-state index contributed by atoms with van der Waals surface area (Å²) in [5, 5.41) is 11.6. The number of carboxylic acid groups (broad SMARTS) is 1. The molecule has 2 amide bonds. The summed E-state index contributed by atoms with van der Waals surface area (Å²) in [5.74, 6) is -0.849. The van der Waals surface area contributed by atoms with Crippen molar-refractivity contribution in [1.29, 1.82) is 0 Å². The van der Waals surface area contributed by atoms with E-state index in [4.69, 9.17) is 9.84 Å². The first-order chi connectivity index (χ1) is 14.6. The quantitative estimate of drug-likeness (QED) is 0.577. The lowest BCUT2D eigenvalue weighted by Gasteiger charge is -2.31. The summed E-state index contributed by atoms with van der Waals surface area (Å²) >= 11 is 0. The van der Waals surface area contributed by atoms with Crippen molar-refractivity contribution in [2.75, 3.05) is 13.1 Å². The van der Waals surface area contributed by atoms with E-state index in [-0.39, 0.29) is 12.3 Å². The number of amides is 2. The number of unbranched alkanes of at least 4 members (excludes halogenated alkanes) is 1. The van der Waals surface area contributed by atoms with Crippen molar-refractivity contribution in [1.82, 2.24) is 10.2 Å². The van der Waals surface area contributed by atoms with Crippen molar-refractivity contribution in [3.05, 3.63) is 35.4 Å². The van der Waals surface area contributed by atoms with E-state index in [9.17, 15) is 14.4 Å². The third-order valence-corrected chi connectivity index (χ3v) is 5.19. The van der Waals surface area contributed by atoms with Crippen molar-refractivity contribution in [2.45, 2.75) is 83.8 Å². The van der Waals surface area contributed by atoms with Crippen molar-refractivity contribution in [3.8, 4) is 0 Å². The molecule has 1 aromatic carbocycles. The van der Waals surface area contributed by atoms with Crippen LogP contribution in [0.2, 0.25) is 0 Å². The van der Waals surface area contributed by atoms with Gasteiger partial charge in [-0.2, -0.15) is 0 Å². The van der Waals surface area contributed by atoms with Gasteiger partial charge in [0.25, 0.3) is 0 Å². The Morgan fingerprint density at radius 3 is 2.42 bits per heavy atom. The van der Waals surface area contributed by atoms with E-state index in [1.54, 1.807) is 20.8 Å². The van der Waals surface area contributed by atoms with E-state index in [2.05, 4.69) is 5.32 Å². The van der Waals surface area contributed by atoms with Gasteiger partial charge in [0.1, 0.15) is 11.6 Å². The number of alkyl carbamates (subject to hydrolysis) is 1. The van der Waals surface area contributed by atoms with Crippen molar-refractivity contribution in [2.24, 2.45) is 0 Å². The molecule has 1 aliphatic heterocycles. The minimum absolute atomic E-state index is 0.0718. The lowest BCUT2D eigenvalue weighted by molar-refractivity contribution is -0.137. The molecule has 0 radical (unpaired) electrons. The average molecular weight is 433 g/mol. The molecule has 2 rings (SSSR count). The largest absolute Gasteiger partial charge is 0.481 e. The van der Waals surface area contributed by atoms with E-state index in [1.807, 2.05) is 29.2 Å². The lowest BCUT2D eigenvalue weighted by Crippen LogP contribution is -2.51. The Morgan fingerprint density at radius 1 is 1.10 bits per heavy atom. The maximum atomic E-state index is 13.2. The summed E-state index contributed by atoms with van der Waals surface area (Å²) in [6.45, 7) is 6.81. The average Bonchev–Trinajstić information content (AvgIpc) is 2.69. The van der Waals surface area contributed by atoms with Crippen LogP contribution in [0.25, 0.3) is 0 Å². The summed E-state index contributed by atoms with van der Waals surface area (Å²) < 4.78 is 5.38. The highest BCUT2D eigenvalue weighted by atomic mass is 16.6. The van der Waals surface area contributed by atoms with Crippen LogP contribution >= 0.6 is 0 Å². The van der Waals surface area contributed by atoms with E-state index >= 15 is 0 Å². The SMILES string of the molecule is CC(C)(C)OC(=O)N[C@@H](Cc1cccc(CCCCC(=O)O)c1)C(=O)N1CCCCC1. The number of carboxylic acids is 1. The van der Waals surface area contributed by atoms with Gasteiger partial charge in [-0.05, 0) is 70.4 Å². The number of aliphatic carboxylic acids is 1. The van der Waals surface area contributed by atoms with Crippen LogP contribution in [0.1, 0.15) is 70.4 Å². The van der Waals surface area contributed by atoms with Gasteiger partial charge in [-0.25, -0.2) is 4.79 Å². The van der Waals surface area contributed by atoms with E-state index in [0.29, 0.717) is 12.8 Å². The molecule has 1 atom stereocenters. The molecule has 31 heavy (non-hydrogen) atoms. The Labute approximate surface area is 185 Å². The number of piperidine rings is 1. The van der Waals surface area contributed by atoms with Crippen molar-refractivity contribution < 1.29 is 24.2 Å². The molecule has 0 aliphatic carbocycles. The van der Waals surface area contributed by atoms with E-state index in [0.717, 1.165) is 56.3 Å². The fourth-order valence-corrected chi connectivity index (χ4v) is 3.74. The van der Waals surface area contributed by atoms with Crippen LogP contribution < -0.4 is 5.32 Å². The second kappa shape index (κ2) is 11.7. The summed E-state index contributed by atoms with van der Waals surface area (Å²) in [4.78, 5) is 38.1. The van der Waals surface area contributed by atoms with Gasteiger partial charge in [-0.1, -0.05) is 24.3 Å². The van der Waals surface area contributed by atoms with E-state index in [1.165, 1.54) is 0 Å². The number of nitrogens with zero attached hydrogens (tertiary/aromatic N) is 1. The lowest BCUT2D eigenvalue weighted by atomic mass is 9.99. The van der Waals surface area contributed by atoms with Gasteiger partial charge < -0.3 is 20.1 Å². The van der Waals surface area contributed by atoms with Gasteiger partial charge in [-0.15, -0.1) is 0 Å². The van der Waals surface area contributed by atoms with Gasteiger partial charge in [0.2, 0.25) is 5.91 Å². The molecule has 0 saturated carbocycles. The molecule has 1 heterocycles. The number of ether oxygens (including phenoxy) is 1. The molecule has 7 nitrogen and oxygen atoms in total. The number of carbonyl (C=O) groups excluding carboxylic acids is 2. The van der Waals surface area contributed by atoms with Crippen LogP contribution in [-0.4, -0.2) is 52.7 Å².